The van der Waals surface area contributed by atoms with Crippen molar-refractivity contribution < 1.29 is 4.74 Å². The van der Waals surface area contributed by atoms with Crippen LogP contribution >= 0.6 is 11.6 Å². The summed E-state index contributed by atoms with van der Waals surface area (Å²) in [6, 6.07) is 7.55. The van der Waals surface area contributed by atoms with Crippen molar-refractivity contribution in [2.75, 3.05) is 6.61 Å². The van der Waals surface area contributed by atoms with E-state index in [0.29, 0.717) is 10.8 Å². The fourth-order valence-electron chi connectivity index (χ4n) is 2.12. The number of tetrazole rings is 1. The highest BCUT2D eigenvalue weighted by molar-refractivity contribution is 6.33. The van der Waals surface area contributed by atoms with Crippen LogP contribution in [0.1, 0.15) is 25.5 Å². The van der Waals surface area contributed by atoms with Gasteiger partial charge in [0, 0.05) is 12.2 Å². The molecule has 1 atom stereocenters. The minimum Gasteiger partial charge on any atom is -0.356 e. The van der Waals surface area contributed by atoms with Crippen LogP contribution in [-0.2, 0) is 4.74 Å². The third kappa shape index (κ3) is 2.11. The number of aromatic nitrogens is 4. The Kier molecular flexibility index (Phi) is 3.25. The molecule has 0 radical (unpaired) electrons. The summed E-state index contributed by atoms with van der Waals surface area (Å²) >= 11 is 6.18. The Morgan fingerprint density at radius 1 is 1.28 bits per heavy atom. The third-order valence-corrected chi connectivity index (χ3v) is 3.37. The largest absolute Gasteiger partial charge is 0.356 e. The second-order valence-corrected chi connectivity index (χ2v) is 4.66. The van der Waals surface area contributed by atoms with Gasteiger partial charge in [0.1, 0.15) is 0 Å². The third-order valence-electron chi connectivity index (χ3n) is 3.04. The molecule has 2 heterocycles. The molecule has 1 unspecified atom stereocenters. The maximum Gasteiger partial charge on any atom is 0.186 e. The quantitative estimate of drug-likeness (QED) is 0.837. The van der Waals surface area contributed by atoms with Gasteiger partial charge in [-0.1, -0.05) is 23.7 Å². The first-order valence-corrected chi connectivity index (χ1v) is 6.38. The number of halogens is 1. The van der Waals surface area contributed by atoms with E-state index in [4.69, 9.17) is 16.3 Å². The summed E-state index contributed by atoms with van der Waals surface area (Å²) in [4.78, 5) is 0. The molecule has 1 fully saturated rings. The van der Waals surface area contributed by atoms with Crippen LogP contribution in [0.15, 0.2) is 24.3 Å². The predicted molar refractivity (Wildman–Crippen MR) is 67.1 cm³/mol. The first-order valence-electron chi connectivity index (χ1n) is 6.00. The van der Waals surface area contributed by atoms with E-state index in [2.05, 4.69) is 15.5 Å². The Morgan fingerprint density at radius 2 is 2.17 bits per heavy atom. The van der Waals surface area contributed by atoms with Crippen molar-refractivity contribution in [3.05, 3.63) is 29.3 Å². The van der Waals surface area contributed by atoms with Crippen LogP contribution in [0, 0.1) is 0 Å². The Labute approximate surface area is 110 Å². The highest BCUT2D eigenvalue weighted by atomic mass is 35.5. The zero-order chi connectivity index (χ0) is 12.4. The van der Waals surface area contributed by atoms with Crippen molar-refractivity contribution in [3.8, 4) is 11.4 Å². The summed E-state index contributed by atoms with van der Waals surface area (Å²) in [5, 5.41) is 12.5. The van der Waals surface area contributed by atoms with Crippen LogP contribution in [0.4, 0.5) is 0 Å². The van der Waals surface area contributed by atoms with Gasteiger partial charge < -0.3 is 4.74 Å². The molecule has 1 aliphatic rings. The van der Waals surface area contributed by atoms with E-state index in [9.17, 15) is 0 Å². The molecular weight excluding hydrogens is 252 g/mol. The zero-order valence-electron chi connectivity index (χ0n) is 9.79. The lowest BCUT2D eigenvalue weighted by molar-refractivity contribution is -0.0394. The maximum atomic E-state index is 6.18. The van der Waals surface area contributed by atoms with Gasteiger partial charge in [-0.3, -0.25) is 0 Å². The molecule has 2 aromatic rings. The maximum absolute atomic E-state index is 6.18. The normalized spacial score (nSPS) is 19.9. The smallest absolute Gasteiger partial charge is 0.186 e. The Balaban J connectivity index is 1.98. The topological polar surface area (TPSA) is 52.8 Å². The van der Waals surface area contributed by atoms with Crippen LogP contribution in [-0.4, -0.2) is 26.8 Å². The van der Waals surface area contributed by atoms with Gasteiger partial charge in [0.2, 0.25) is 0 Å². The van der Waals surface area contributed by atoms with Crippen molar-refractivity contribution in [2.45, 2.75) is 25.5 Å². The average molecular weight is 265 g/mol. The lowest BCUT2D eigenvalue weighted by Gasteiger charge is -2.23. The lowest BCUT2D eigenvalue weighted by Crippen LogP contribution is -2.20. The first-order chi connectivity index (χ1) is 8.86. The van der Waals surface area contributed by atoms with Gasteiger partial charge in [0.05, 0.1) is 5.02 Å². The Morgan fingerprint density at radius 3 is 2.94 bits per heavy atom. The van der Waals surface area contributed by atoms with Crippen molar-refractivity contribution in [2.24, 2.45) is 0 Å². The zero-order valence-corrected chi connectivity index (χ0v) is 10.5. The SMILES string of the molecule is Clc1ccccc1-c1nnnn1C1CCCCO1. The molecule has 1 saturated heterocycles. The molecule has 1 aliphatic heterocycles. The summed E-state index contributed by atoms with van der Waals surface area (Å²) in [7, 11) is 0. The van der Waals surface area contributed by atoms with Crippen LogP contribution in [0.5, 0.6) is 0 Å². The molecule has 1 aromatic heterocycles. The fraction of sp³-hybridized carbons (Fsp3) is 0.417. The van der Waals surface area contributed by atoms with Crippen LogP contribution < -0.4 is 0 Å². The molecule has 0 bridgehead atoms. The van der Waals surface area contributed by atoms with Gasteiger partial charge in [0.15, 0.2) is 12.1 Å². The first kappa shape index (κ1) is 11.6. The van der Waals surface area contributed by atoms with Gasteiger partial charge in [-0.05, 0) is 41.8 Å². The number of nitrogens with zero attached hydrogens (tertiary/aromatic N) is 4. The van der Waals surface area contributed by atoms with E-state index >= 15 is 0 Å². The monoisotopic (exact) mass is 264 g/mol. The van der Waals surface area contributed by atoms with Crippen molar-refractivity contribution >= 4 is 11.6 Å². The molecule has 0 aliphatic carbocycles. The molecule has 0 saturated carbocycles. The van der Waals surface area contributed by atoms with Crippen molar-refractivity contribution in [1.82, 2.24) is 20.2 Å². The number of benzene rings is 1. The minimum absolute atomic E-state index is 0.0833. The second-order valence-electron chi connectivity index (χ2n) is 4.25. The van der Waals surface area contributed by atoms with Crippen LogP contribution in [0.2, 0.25) is 5.02 Å². The molecule has 6 heteroatoms. The van der Waals surface area contributed by atoms with E-state index in [1.807, 2.05) is 24.3 Å². The Bertz CT molecular complexity index is 536. The number of hydrogen-bond donors (Lipinski definition) is 0. The molecule has 0 spiro atoms. The molecule has 18 heavy (non-hydrogen) atoms. The summed E-state index contributed by atoms with van der Waals surface area (Å²) in [5.74, 6) is 0.660. The summed E-state index contributed by atoms with van der Waals surface area (Å²) < 4.78 is 7.42. The highest BCUT2D eigenvalue weighted by Crippen LogP contribution is 2.29. The average Bonchev–Trinajstić information content (AvgIpc) is 2.89. The van der Waals surface area contributed by atoms with E-state index in [0.717, 1.165) is 31.4 Å². The second kappa shape index (κ2) is 5.04. The van der Waals surface area contributed by atoms with Gasteiger partial charge in [-0.15, -0.1) is 5.10 Å². The number of hydrogen-bond acceptors (Lipinski definition) is 4. The molecular formula is C12H13ClN4O. The van der Waals surface area contributed by atoms with E-state index in [1.54, 1.807) is 4.68 Å². The Hall–Kier alpha value is -1.46. The fourth-order valence-corrected chi connectivity index (χ4v) is 2.34. The van der Waals surface area contributed by atoms with Gasteiger partial charge in [-0.2, -0.15) is 4.68 Å². The molecule has 1 aromatic carbocycles. The van der Waals surface area contributed by atoms with E-state index in [-0.39, 0.29) is 6.23 Å². The highest BCUT2D eigenvalue weighted by Gasteiger charge is 2.22. The molecule has 0 amide bonds. The van der Waals surface area contributed by atoms with Crippen LogP contribution in [0.25, 0.3) is 11.4 Å². The summed E-state index contributed by atoms with van der Waals surface area (Å²) in [6.07, 6.45) is 3.08. The standard InChI is InChI=1S/C12H13ClN4O/c13-10-6-2-1-5-9(10)12-14-15-16-17(12)11-7-3-4-8-18-11/h1-2,5-6,11H,3-4,7-8H2. The number of ether oxygens (including phenoxy) is 1. The number of rotatable bonds is 2. The van der Waals surface area contributed by atoms with Crippen LogP contribution in [0.3, 0.4) is 0 Å². The molecule has 5 nitrogen and oxygen atoms in total. The van der Waals surface area contributed by atoms with Gasteiger partial charge in [-0.25, -0.2) is 0 Å². The minimum atomic E-state index is -0.0833. The summed E-state index contributed by atoms with van der Waals surface area (Å²) in [6.45, 7) is 0.756. The lowest BCUT2D eigenvalue weighted by atomic mass is 10.1. The van der Waals surface area contributed by atoms with Gasteiger partial charge >= 0.3 is 0 Å². The molecule has 94 valence electrons. The van der Waals surface area contributed by atoms with Crippen molar-refractivity contribution in [3.63, 3.8) is 0 Å². The summed E-state index contributed by atoms with van der Waals surface area (Å²) in [5.41, 5.74) is 0.832. The van der Waals surface area contributed by atoms with Crippen molar-refractivity contribution in [1.29, 1.82) is 0 Å². The molecule has 0 N–H and O–H groups in total. The predicted octanol–water partition coefficient (Wildman–Crippen LogP) is 2.69. The van der Waals surface area contributed by atoms with E-state index in [1.165, 1.54) is 0 Å². The van der Waals surface area contributed by atoms with E-state index < -0.39 is 0 Å². The molecule has 3 rings (SSSR count). The van der Waals surface area contributed by atoms with Gasteiger partial charge in [0.25, 0.3) is 0 Å².